The molecule has 0 saturated heterocycles. The SMILES string of the molecule is CC1(C)CC(=O)C(=Cc2cn(CCC#N)nc2-c2ccccc2)C(=O)C1. The van der Waals surface area contributed by atoms with Crippen molar-refractivity contribution >= 4 is 17.6 Å². The van der Waals surface area contributed by atoms with E-state index < -0.39 is 0 Å². The molecule has 0 unspecified atom stereocenters. The van der Waals surface area contributed by atoms with Crippen LogP contribution >= 0.6 is 0 Å². The number of ketones is 2. The predicted octanol–water partition coefficient (Wildman–Crippen LogP) is 3.81. The van der Waals surface area contributed by atoms with Crippen molar-refractivity contribution in [1.82, 2.24) is 9.78 Å². The van der Waals surface area contributed by atoms with Crippen LogP contribution in [0.1, 0.15) is 38.7 Å². The lowest BCUT2D eigenvalue weighted by molar-refractivity contribution is -0.127. The Labute approximate surface area is 152 Å². The van der Waals surface area contributed by atoms with Gasteiger partial charge < -0.3 is 0 Å². The third kappa shape index (κ3) is 3.80. The van der Waals surface area contributed by atoms with Crippen molar-refractivity contribution in [2.75, 3.05) is 0 Å². The first-order valence-corrected chi connectivity index (χ1v) is 8.67. The topological polar surface area (TPSA) is 75.8 Å². The van der Waals surface area contributed by atoms with Gasteiger partial charge in [-0.1, -0.05) is 44.2 Å². The van der Waals surface area contributed by atoms with Crippen LogP contribution in [0.2, 0.25) is 0 Å². The lowest BCUT2D eigenvalue weighted by Gasteiger charge is -2.28. The van der Waals surface area contributed by atoms with Crippen molar-refractivity contribution in [2.45, 2.75) is 39.7 Å². The highest BCUT2D eigenvalue weighted by atomic mass is 16.1. The molecule has 2 aromatic rings. The molecule has 3 rings (SSSR count). The predicted molar refractivity (Wildman–Crippen MR) is 98.9 cm³/mol. The maximum Gasteiger partial charge on any atom is 0.167 e. The maximum absolute atomic E-state index is 12.5. The van der Waals surface area contributed by atoms with Crippen molar-refractivity contribution in [3.63, 3.8) is 0 Å². The van der Waals surface area contributed by atoms with E-state index in [1.807, 2.05) is 44.2 Å². The molecule has 1 aliphatic carbocycles. The van der Waals surface area contributed by atoms with E-state index in [4.69, 9.17) is 5.26 Å². The monoisotopic (exact) mass is 347 g/mol. The fraction of sp³-hybridized carbons (Fsp3) is 0.333. The Balaban J connectivity index is 2.03. The molecule has 5 heteroatoms. The van der Waals surface area contributed by atoms with Crippen molar-refractivity contribution in [2.24, 2.45) is 5.41 Å². The number of carbonyl (C=O) groups is 2. The van der Waals surface area contributed by atoms with Gasteiger partial charge in [0, 0.05) is 30.2 Å². The lowest BCUT2D eigenvalue weighted by atomic mass is 9.74. The fourth-order valence-electron chi connectivity index (χ4n) is 3.24. The molecule has 5 nitrogen and oxygen atoms in total. The second-order valence-corrected chi connectivity index (χ2v) is 7.39. The number of allylic oxidation sites excluding steroid dienone is 1. The number of hydrogen-bond acceptors (Lipinski definition) is 4. The summed E-state index contributed by atoms with van der Waals surface area (Å²) in [6.07, 6.45) is 4.55. The Kier molecular flexibility index (Phi) is 4.85. The molecule has 26 heavy (non-hydrogen) atoms. The number of aromatic nitrogens is 2. The molecule has 1 aliphatic rings. The van der Waals surface area contributed by atoms with Crippen molar-refractivity contribution in [1.29, 1.82) is 5.26 Å². The van der Waals surface area contributed by atoms with E-state index in [1.165, 1.54) is 0 Å². The van der Waals surface area contributed by atoms with E-state index in [0.717, 1.165) is 11.1 Å². The normalized spacial score (nSPS) is 16.4. The van der Waals surface area contributed by atoms with Crippen LogP contribution in [0.25, 0.3) is 17.3 Å². The molecule has 1 fully saturated rings. The van der Waals surface area contributed by atoms with Crippen molar-refractivity contribution < 1.29 is 9.59 Å². The molecule has 132 valence electrons. The van der Waals surface area contributed by atoms with Crippen molar-refractivity contribution in [3.05, 3.63) is 47.7 Å². The molecular formula is C21H21N3O2. The number of nitriles is 1. The van der Waals surface area contributed by atoms with E-state index in [9.17, 15) is 9.59 Å². The first kappa shape index (κ1) is 17.8. The van der Waals surface area contributed by atoms with E-state index in [-0.39, 0.29) is 22.6 Å². The third-order valence-electron chi connectivity index (χ3n) is 4.47. The Bertz CT molecular complexity index is 892. The highest BCUT2D eigenvalue weighted by molar-refractivity contribution is 6.25. The van der Waals surface area contributed by atoms with Crippen LogP contribution in [0, 0.1) is 16.7 Å². The molecule has 0 spiro atoms. The maximum atomic E-state index is 12.5. The van der Waals surface area contributed by atoms with E-state index in [1.54, 1.807) is 17.0 Å². The van der Waals surface area contributed by atoms with Gasteiger partial charge in [-0.05, 0) is 11.5 Å². The van der Waals surface area contributed by atoms with Crippen LogP contribution in [0.5, 0.6) is 0 Å². The first-order valence-electron chi connectivity index (χ1n) is 8.67. The van der Waals surface area contributed by atoms with Crippen LogP contribution in [0.15, 0.2) is 42.1 Å². The summed E-state index contributed by atoms with van der Waals surface area (Å²) >= 11 is 0. The van der Waals surface area contributed by atoms with Gasteiger partial charge in [0.25, 0.3) is 0 Å². The number of aryl methyl sites for hydroxylation is 1. The number of benzene rings is 1. The fourth-order valence-corrected chi connectivity index (χ4v) is 3.24. The molecule has 0 atom stereocenters. The molecule has 1 aromatic heterocycles. The minimum atomic E-state index is -0.287. The van der Waals surface area contributed by atoms with Crippen LogP contribution in [0.4, 0.5) is 0 Å². The van der Waals surface area contributed by atoms with Crippen LogP contribution in [-0.4, -0.2) is 21.3 Å². The summed E-state index contributed by atoms with van der Waals surface area (Å²) in [5.74, 6) is -0.231. The van der Waals surface area contributed by atoms with E-state index >= 15 is 0 Å². The summed E-state index contributed by atoms with van der Waals surface area (Å²) in [7, 11) is 0. The minimum Gasteiger partial charge on any atom is -0.294 e. The zero-order valence-corrected chi connectivity index (χ0v) is 15.0. The Morgan fingerprint density at radius 1 is 1.19 bits per heavy atom. The zero-order chi connectivity index (χ0) is 18.7. The third-order valence-corrected chi connectivity index (χ3v) is 4.47. The number of hydrogen-bond donors (Lipinski definition) is 0. The quantitative estimate of drug-likeness (QED) is 0.622. The Hall–Kier alpha value is -3.00. The zero-order valence-electron chi connectivity index (χ0n) is 15.0. The molecule has 0 radical (unpaired) electrons. The number of Topliss-reactive ketones (excluding diaryl/α,β-unsaturated/α-hetero) is 2. The lowest BCUT2D eigenvalue weighted by Crippen LogP contribution is -2.31. The van der Waals surface area contributed by atoms with Gasteiger partial charge in [-0.2, -0.15) is 10.4 Å². The van der Waals surface area contributed by atoms with Crippen LogP contribution in [0.3, 0.4) is 0 Å². The summed E-state index contributed by atoms with van der Waals surface area (Å²) in [6.45, 7) is 4.35. The van der Waals surface area contributed by atoms with Gasteiger partial charge in [-0.25, -0.2) is 0 Å². The molecule has 0 N–H and O–H groups in total. The molecule has 1 saturated carbocycles. The van der Waals surface area contributed by atoms with Crippen molar-refractivity contribution in [3.8, 4) is 17.3 Å². The average molecular weight is 347 g/mol. The number of carbonyl (C=O) groups excluding carboxylic acids is 2. The summed E-state index contributed by atoms with van der Waals surface area (Å²) in [4.78, 5) is 25.0. The number of nitrogens with zero attached hydrogens (tertiary/aromatic N) is 3. The van der Waals surface area contributed by atoms with Gasteiger partial charge in [0.15, 0.2) is 11.6 Å². The van der Waals surface area contributed by atoms with Gasteiger partial charge >= 0.3 is 0 Å². The van der Waals surface area contributed by atoms with E-state index in [0.29, 0.717) is 31.5 Å². The van der Waals surface area contributed by atoms with E-state index in [2.05, 4.69) is 11.2 Å². The summed E-state index contributed by atoms with van der Waals surface area (Å²) in [5, 5.41) is 13.4. The molecule has 1 heterocycles. The second-order valence-electron chi connectivity index (χ2n) is 7.39. The summed E-state index contributed by atoms with van der Waals surface area (Å²) in [6, 6.07) is 11.7. The van der Waals surface area contributed by atoms with Gasteiger partial charge in [0.05, 0.1) is 30.3 Å². The van der Waals surface area contributed by atoms with Gasteiger partial charge in [-0.15, -0.1) is 0 Å². The summed E-state index contributed by atoms with van der Waals surface area (Å²) in [5.41, 5.74) is 2.31. The minimum absolute atomic E-state index is 0.116. The Morgan fingerprint density at radius 2 is 1.85 bits per heavy atom. The van der Waals surface area contributed by atoms with Gasteiger partial charge in [0.1, 0.15) is 0 Å². The molecule has 0 amide bonds. The first-order chi connectivity index (χ1) is 12.4. The highest BCUT2D eigenvalue weighted by Gasteiger charge is 2.35. The highest BCUT2D eigenvalue weighted by Crippen LogP contribution is 2.35. The van der Waals surface area contributed by atoms with Gasteiger partial charge in [-0.3, -0.25) is 14.3 Å². The van der Waals surface area contributed by atoms with Crippen LogP contribution in [-0.2, 0) is 16.1 Å². The molecule has 1 aromatic carbocycles. The standard InChI is InChI=1S/C21H21N3O2/c1-21(2)12-18(25)17(19(26)13-21)11-16-14-24(10-6-9-22)23-20(16)15-7-4-3-5-8-15/h3-5,7-8,11,14H,6,10,12-13H2,1-2H3. The molecule has 0 aliphatic heterocycles. The largest absolute Gasteiger partial charge is 0.294 e. The average Bonchev–Trinajstić information content (AvgIpc) is 2.99. The molecule has 0 bridgehead atoms. The molecular weight excluding hydrogens is 326 g/mol. The Morgan fingerprint density at radius 3 is 2.46 bits per heavy atom. The second kappa shape index (κ2) is 7.09. The smallest absolute Gasteiger partial charge is 0.167 e. The van der Waals surface area contributed by atoms with Crippen LogP contribution < -0.4 is 0 Å². The summed E-state index contributed by atoms with van der Waals surface area (Å²) < 4.78 is 1.69. The number of rotatable bonds is 4. The van der Waals surface area contributed by atoms with Gasteiger partial charge in [0.2, 0.25) is 0 Å².